The molecule has 7 heteroatoms. The SMILES string of the molecule is C=CCN(C)S(=O)(=O)c1ccc(NCc2cc(=O)oc3c(C)c(C)ccc23)cc1. The molecule has 1 heterocycles. The normalized spacial score (nSPS) is 11.7. The Bertz CT molecular complexity index is 1210. The molecule has 0 saturated carbocycles. The Labute approximate surface area is 170 Å². The highest BCUT2D eigenvalue weighted by molar-refractivity contribution is 7.89. The Hall–Kier alpha value is -2.90. The summed E-state index contributed by atoms with van der Waals surface area (Å²) < 4.78 is 31.6. The zero-order valence-corrected chi connectivity index (χ0v) is 17.5. The second-order valence-corrected chi connectivity index (χ2v) is 8.97. The minimum Gasteiger partial charge on any atom is -0.422 e. The number of nitrogens with zero attached hydrogens (tertiary/aromatic N) is 1. The lowest BCUT2D eigenvalue weighted by molar-refractivity contribution is 0.499. The number of benzene rings is 2. The molecular weight excluding hydrogens is 388 g/mol. The molecule has 0 aliphatic rings. The van der Waals surface area contributed by atoms with Crippen molar-refractivity contribution in [1.29, 1.82) is 0 Å². The molecular formula is C22H24N2O4S. The lowest BCUT2D eigenvalue weighted by atomic mass is 10.0. The van der Waals surface area contributed by atoms with Crippen molar-refractivity contribution in [1.82, 2.24) is 4.31 Å². The molecule has 29 heavy (non-hydrogen) atoms. The molecule has 152 valence electrons. The third-order valence-electron chi connectivity index (χ3n) is 4.95. The molecule has 0 amide bonds. The highest BCUT2D eigenvalue weighted by Gasteiger charge is 2.19. The van der Waals surface area contributed by atoms with Crippen molar-refractivity contribution in [3.05, 3.63) is 82.2 Å². The van der Waals surface area contributed by atoms with Gasteiger partial charge in [-0.1, -0.05) is 18.2 Å². The summed E-state index contributed by atoms with van der Waals surface area (Å²) in [6.45, 7) is 8.12. The van der Waals surface area contributed by atoms with Crippen LogP contribution in [0.4, 0.5) is 5.69 Å². The van der Waals surface area contributed by atoms with Gasteiger partial charge < -0.3 is 9.73 Å². The molecule has 0 aliphatic carbocycles. The van der Waals surface area contributed by atoms with E-state index in [9.17, 15) is 13.2 Å². The van der Waals surface area contributed by atoms with E-state index in [2.05, 4.69) is 11.9 Å². The van der Waals surface area contributed by atoms with E-state index in [1.165, 1.54) is 23.5 Å². The molecule has 0 aliphatic heterocycles. The van der Waals surface area contributed by atoms with Gasteiger partial charge in [-0.2, -0.15) is 4.31 Å². The molecule has 2 aromatic carbocycles. The molecule has 0 saturated heterocycles. The van der Waals surface area contributed by atoms with Gasteiger partial charge in [0.2, 0.25) is 10.0 Å². The van der Waals surface area contributed by atoms with Crippen LogP contribution >= 0.6 is 0 Å². The van der Waals surface area contributed by atoms with Crippen LogP contribution in [0, 0.1) is 13.8 Å². The molecule has 0 spiro atoms. The molecule has 0 unspecified atom stereocenters. The van der Waals surface area contributed by atoms with Crippen molar-refractivity contribution in [2.45, 2.75) is 25.3 Å². The Balaban J connectivity index is 1.83. The van der Waals surface area contributed by atoms with Crippen molar-refractivity contribution in [2.75, 3.05) is 18.9 Å². The fraction of sp³-hybridized carbons (Fsp3) is 0.227. The molecule has 0 bridgehead atoms. The van der Waals surface area contributed by atoms with Crippen LogP contribution in [-0.4, -0.2) is 26.3 Å². The number of likely N-dealkylation sites (N-methyl/N-ethyl adjacent to an activating group) is 1. The maximum Gasteiger partial charge on any atom is 0.336 e. The van der Waals surface area contributed by atoms with E-state index < -0.39 is 15.6 Å². The second-order valence-electron chi connectivity index (χ2n) is 6.93. The smallest absolute Gasteiger partial charge is 0.336 e. The van der Waals surface area contributed by atoms with E-state index in [4.69, 9.17) is 4.42 Å². The van der Waals surface area contributed by atoms with E-state index in [1.807, 2.05) is 26.0 Å². The lowest BCUT2D eigenvalue weighted by Gasteiger charge is -2.15. The topological polar surface area (TPSA) is 79.6 Å². The monoisotopic (exact) mass is 412 g/mol. The van der Waals surface area contributed by atoms with Gasteiger partial charge >= 0.3 is 5.63 Å². The zero-order valence-electron chi connectivity index (χ0n) is 16.7. The summed E-state index contributed by atoms with van der Waals surface area (Å²) in [6, 6.07) is 12.0. The van der Waals surface area contributed by atoms with Crippen LogP contribution in [0.1, 0.15) is 16.7 Å². The largest absolute Gasteiger partial charge is 0.422 e. The van der Waals surface area contributed by atoms with Crippen molar-refractivity contribution in [3.8, 4) is 0 Å². The lowest BCUT2D eigenvalue weighted by Crippen LogP contribution is -2.26. The summed E-state index contributed by atoms with van der Waals surface area (Å²) in [5.41, 5.74) is 3.78. The van der Waals surface area contributed by atoms with Crippen LogP contribution in [0.5, 0.6) is 0 Å². The summed E-state index contributed by atoms with van der Waals surface area (Å²) in [5.74, 6) is 0. The number of rotatable bonds is 7. The van der Waals surface area contributed by atoms with Crippen LogP contribution in [0.25, 0.3) is 11.0 Å². The molecule has 0 atom stereocenters. The van der Waals surface area contributed by atoms with E-state index in [-0.39, 0.29) is 11.4 Å². The predicted molar refractivity (Wildman–Crippen MR) is 116 cm³/mol. The van der Waals surface area contributed by atoms with Crippen molar-refractivity contribution in [3.63, 3.8) is 0 Å². The highest BCUT2D eigenvalue weighted by Crippen LogP contribution is 2.24. The Morgan fingerprint density at radius 2 is 1.83 bits per heavy atom. The first-order valence-electron chi connectivity index (χ1n) is 9.18. The van der Waals surface area contributed by atoms with Gasteiger partial charge in [0.05, 0.1) is 4.90 Å². The molecule has 1 aromatic heterocycles. The van der Waals surface area contributed by atoms with E-state index >= 15 is 0 Å². The maximum atomic E-state index is 12.5. The highest BCUT2D eigenvalue weighted by atomic mass is 32.2. The minimum atomic E-state index is -3.55. The number of anilines is 1. The number of fused-ring (bicyclic) bond motifs is 1. The van der Waals surface area contributed by atoms with Gasteiger partial charge in [-0.3, -0.25) is 0 Å². The van der Waals surface area contributed by atoms with E-state index in [0.29, 0.717) is 12.1 Å². The van der Waals surface area contributed by atoms with Crippen LogP contribution in [-0.2, 0) is 16.6 Å². The van der Waals surface area contributed by atoms with Gasteiger partial charge in [0.25, 0.3) is 0 Å². The van der Waals surface area contributed by atoms with Gasteiger partial charge in [-0.05, 0) is 54.8 Å². The standard InChI is InChI=1S/C22H24N2O4S/c1-5-12-24(4)29(26,27)19-9-7-18(8-10-19)23-14-17-13-21(25)28-22-16(3)15(2)6-11-20(17)22/h5-11,13,23H,1,12,14H2,2-4H3. The van der Waals surface area contributed by atoms with Crippen molar-refractivity contribution in [2.24, 2.45) is 0 Å². The van der Waals surface area contributed by atoms with Gasteiger partial charge in [-0.25, -0.2) is 13.2 Å². The number of nitrogens with one attached hydrogen (secondary N) is 1. The Morgan fingerprint density at radius 3 is 2.48 bits per heavy atom. The third-order valence-corrected chi connectivity index (χ3v) is 6.79. The summed E-state index contributed by atoms with van der Waals surface area (Å²) >= 11 is 0. The van der Waals surface area contributed by atoms with Crippen LogP contribution < -0.4 is 10.9 Å². The average molecular weight is 413 g/mol. The third kappa shape index (κ3) is 4.26. The Morgan fingerprint density at radius 1 is 1.14 bits per heavy atom. The fourth-order valence-electron chi connectivity index (χ4n) is 3.07. The van der Waals surface area contributed by atoms with E-state index in [0.717, 1.165) is 27.8 Å². The van der Waals surface area contributed by atoms with Gasteiger partial charge in [0.15, 0.2) is 0 Å². The van der Waals surface area contributed by atoms with Crippen molar-refractivity contribution < 1.29 is 12.8 Å². The first-order chi connectivity index (χ1) is 13.7. The van der Waals surface area contributed by atoms with Crippen LogP contribution in [0.3, 0.4) is 0 Å². The summed E-state index contributed by atoms with van der Waals surface area (Å²) in [4.78, 5) is 12.2. The molecule has 0 radical (unpaired) electrons. The summed E-state index contributed by atoms with van der Waals surface area (Å²) in [5, 5.41) is 4.12. The quantitative estimate of drug-likeness (QED) is 0.471. The molecule has 3 rings (SSSR count). The van der Waals surface area contributed by atoms with Crippen LogP contribution in [0.2, 0.25) is 0 Å². The molecule has 0 fully saturated rings. The summed E-state index contributed by atoms with van der Waals surface area (Å²) in [6.07, 6.45) is 1.54. The zero-order chi connectivity index (χ0) is 21.2. The maximum absolute atomic E-state index is 12.5. The second kappa shape index (κ2) is 8.23. The van der Waals surface area contributed by atoms with Gasteiger partial charge in [0, 0.05) is 37.3 Å². The minimum absolute atomic E-state index is 0.212. The van der Waals surface area contributed by atoms with E-state index in [1.54, 1.807) is 24.3 Å². The molecule has 6 nitrogen and oxygen atoms in total. The number of hydrogen-bond acceptors (Lipinski definition) is 5. The first kappa shape index (κ1) is 20.8. The average Bonchev–Trinajstić information content (AvgIpc) is 2.69. The molecule has 1 N–H and O–H groups in total. The molecule has 3 aromatic rings. The first-order valence-corrected chi connectivity index (χ1v) is 10.6. The summed E-state index contributed by atoms with van der Waals surface area (Å²) in [7, 11) is -2.03. The Kier molecular flexibility index (Phi) is 5.91. The number of aryl methyl sites for hydroxylation is 2. The van der Waals surface area contributed by atoms with Gasteiger partial charge in [-0.15, -0.1) is 6.58 Å². The van der Waals surface area contributed by atoms with Crippen LogP contribution in [0.15, 0.2) is 69.2 Å². The number of sulfonamides is 1. The predicted octanol–water partition coefficient (Wildman–Crippen LogP) is 3.83. The number of hydrogen-bond donors (Lipinski definition) is 1. The van der Waals surface area contributed by atoms with Crippen molar-refractivity contribution >= 4 is 26.7 Å². The van der Waals surface area contributed by atoms with Gasteiger partial charge in [0.1, 0.15) is 5.58 Å². The fourth-order valence-corrected chi connectivity index (χ4v) is 4.21.